The van der Waals surface area contributed by atoms with Crippen LogP contribution in [0.1, 0.15) is 36.8 Å². The van der Waals surface area contributed by atoms with Gasteiger partial charge in [-0.25, -0.2) is 9.48 Å². The van der Waals surface area contributed by atoms with E-state index in [1.165, 1.54) is 6.20 Å². The van der Waals surface area contributed by atoms with Crippen molar-refractivity contribution in [1.29, 1.82) is 0 Å². The summed E-state index contributed by atoms with van der Waals surface area (Å²) >= 11 is 0. The number of hydrogen-bond acceptors (Lipinski definition) is 5. The third-order valence-corrected chi connectivity index (χ3v) is 3.43. The number of rotatable bonds is 8. The molecule has 20 heavy (non-hydrogen) atoms. The van der Waals surface area contributed by atoms with Gasteiger partial charge in [0.2, 0.25) is 0 Å². The fourth-order valence-electron chi connectivity index (χ4n) is 2.06. The fraction of sp³-hybridized carbons (Fsp3) is 0.769. The van der Waals surface area contributed by atoms with Crippen molar-refractivity contribution in [3.05, 3.63) is 11.9 Å². The smallest absolute Gasteiger partial charge is 0.358 e. The summed E-state index contributed by atoms with van der Waals surface area (Å²) in [7, 11) is 0. The minimum atomic E-state index is -1.04. The Morgan fingerprint density at radius 2 is 2.25 bits per heavy atom. The summed E-state index contributed by atoms with van der Waals surface area (Å²) in [4.78, 5) is 13.0. The third kappa shape index (κ3) is 4.01. The zero-order valence-corrected chi connectivity index (χ0v) is 12.0. The predicted octanol–water partition coefficient (Wildman–Crippen LogP) is 0.896. The van der Waals surface area contributed by atoms with E-state index in [0.29, 0.717) is 5.92 Å². The Kier molecular flexibility index (Phi) is 5.08. The molecule has 0 amide bonds. The van der Waals surface area contributed by atoms with Gasteiger partial charge in [0.05, 0.1) is 18.8 Å². The first-order valence-electron chi connectivity index (χ1n) is 7.01. The van der Waals surface area contributed by atoms with E-state index < -0.39 is 5.97 Å². The zero-order valence-electron chi connectivity index (χ0n) is 12.0. The number of aromatic nitrogens is 3. The van der Waals surface area contributed by atoms with Gasteiger partial charge in [0.25, 0.3) is 0 Å². The standard InChI is InChI=1S/C13H22N4O3/c1-10(2)3-5-20-6-4-16-7-11(8-16)17-9-12(13(18)19)14-15-17/h9-11H,3-8H2,1-2H3,(H,18,19). The Bertz CT molecular complexity index is 441. The topological polar surface area (TPSA) is 80.5 Å². The minimum absolute atomic E-state index is 0.000434. The second-order valence-electron chi connectivity index (χ2n) is 5.60. The lowest BCUT2D eigenvalue weighted by Gasteiger charge is -2.38. The maximum absolute atomic E-state index is 10.7. The molecule has 1 fully saturated rings. The van der Waals surface area contributed by atoms with E-state index >= 15 is 0 Å². The Hall–Kier alpha value is -1.47. The van der Waals surface area contributed by atoms with Crippen LogP contribution in [0, 0.1) is 5.92 Å². The summed E-state index contributed by atoms with van der Waals surface area (Å²) in [5, 5.41) is 16.3. The highest BCUT2D eigenvalue weighted by Gasteiger charge is 2.29. The molecule has 7 nitrogen and oxygen atoms in total. The summed E-state index contributed by atoms with van der Waals surface area (Å²) in [5.41, 5.74) is 0.000434. The van der Waals surface area contributed by atoms with Gasteiger partial charge in [-0.15, -0.1) is 5.10 Å². The highest BCUT2D eigenvalue weighted by atomic mass is 16.5. The van der Waals surface area contributed by atoms with E-state index in [-0.39, 0.29) is 11.7 Å². The SMILES string of the molecule is CC(C)CCOCCN1CC(n2cc(C(=O)O)nn2)C1. The number of ether oxygens (including phenoxy) is 1. The number of nitrogens with zero attached hydrogens (tertiary/aromatic N) is 4. The number of aromatic carboxylic acids is 1. The molecular weight excluding hydrogens is 260 g/mol. The molecule has 2 heterocycles. The van der Waals surface area contributed by atoms with E-state index in [2.05, 4.69) is 29.1 Å². The molecule has 112 valence electrons. The predicted molar refractivity (Wildman–Crippen MR) is 72.7 cm³/mol. The second-order valence-corrected chi connectivity index (χ2v) is 5.60. The van der Waals surface area contributed by atoms with Crippen molar-refractivity contribution in [3.63, 3.8) is 0 Å². The van der Waals surface area contributed by atoms with E-state index in [1.807, 2.05) is 0 Å². The van der Waals surface area contributed by atoms with Crippen molar-refractivity contribution < 1.29 is 14.6 Å². The van der Waals surface area contributed by atoms with Crippen LogP contribution in [0.15, 0.2) is 6.20 Å². The van der Waals surface area contributed by atoms with Gasteiger partial charge in [0.1, 0.15) is 0 Å². The number of hydrogen-bond donors (Lipinski definition) is 1. The molecule has 0 spiro atoms. The lowest BCUT2D eigenvalue weighted by atomic mass is 10.1. The van der Waals surface area contributed by atoms with Crippen LogP contribution in [0.25, 0.3) is 0 Å². The first kappa shape index (κ1) is 14.9. The van der Waals surface area contributed by atoms with Gasteiger partial charge in [-0.2, -0.15) is 0 Å². The number of carboxylic acids is 1. The summed E-state index contributed by atoms with van der Waals surface area (Å²) in [6.07, 6.45) is 2.59. The molecule has 0 saturated carbocycles. The fourth-order valence-corrected chi connectivity index (χ4v) is 2.06. The average Bonchev–Trinajstić information content (AvgIpc) is 2.79. The van der Waals surface area contributed by atoms with Crippen molar-refractivity contribution in [1.82, 2.24) is 19.9 Å². The highest BCUT2D eigenvalue weighted by molar-refractivity contribution is 5.84. The molecule has 1 aliphatic rings. The Balaban J connectivity index is 1.61. The quantitative estimate of drug-likeness (QED) is 0.713. The van der Waals surface area contributed by atoms with Crippen molar-refractivity contribution >= 4 is 5.97 Å². The second kappa shape index (κ2) is 6.81. The summed E-state index contributed by atoms with van der Waals surface area (Å²) in [5.74, 6) is -0.356. The molecule has 1 aliphatic heterocycles. The molecule has 0 atom stereocenters. The maximum atomic E-state index is 10.7. The molecule has 1 N–H and O–H groups in total. The van der Waals surface area contributed by atoms with Crippen LogP contribution in [0.4, 0.5) is 0 Å². The van der Waals surface area contributed by atoms with E-state index in [0.717, 1.165) is 39.3 Å². The van der Waals surface area contributed by atoms with Crippen LogP contribution in [-0.4, -0.2) is 63.8 Å². The molecule has 0 unspecified atom stereocenters. The normalized spacial score (nSPS) is 16.6. The van der Waals surface area contributed by atoms with Gasteiger partial charge in [-0.05, 0) is 12.3 Å². The van der Waals surface area contributed by atoms with Gasteiger partial charge in [0, 0.05) is 26.2 Å². The van der Waals surface area contributed by atoms with E-state index in [9.17, 15) is 4.79 Å². The third-order valence-electron chi connectivity index (χ3n) is 3.43. The number of carboxylic acid groups (broad SMARTS) is 1. The Morgan fingerprint density at radius 1 is 1.50 bits per heavy atom. The molecular formula is C13H22N4O3. The molecule has 0 radical (unpaired) electrons. The summed E-state index contributed by atoms with van der Waals surface area (Å²) in [6, 6.07) is 0.228. The molecule has 2 rings (SSSR count). The summed E-state index contributed by atoms with van der Waals surface area (Å²) in [6.45, 7) is 8.60. The van der Waals surface area contributed by atoms with Gasteiger partial charge >= 0.3 is 5.97 Å². The minimum Gasteiger partial charge on any atom is -0.476 e. The first-order valence-corrected chi connectivity index (χ1v) is 7.01. The van der Waals surface area contributed by atoms with Crippen LogP contribution >= 0.6 is 0 Å². The van der Waals surface area contributed by atoms with Crippen LogP contribution < -0.4 is 0 Å². The maximum Gasteiger partial charge on any atom is 0.358 e. The molecule has 1 aromatic heterocycles. The molecule has 0 aromatic carbocycles. The van der Waals surface area contributed by atoms with Crippen molar-refractivity contribution in [3.8, 4) is 0 Å². The van der Waals surface area contributed by atoms with Gasteiger partial charge in [0.15, 0.2) is 5.69 Å². The van der Waals surface area contributed by atoms with Gasteiger partial charge in [-0.1, -0.05) is 19.1 Å². The van der Waals surface area contributed by atoms with Crippen LogP contribution in [0.5, 0.6) is 0 Å². The van der Waals surface area contributed by atoms with Crippen molar-refractivity contribution in [2.45, 2.75) is 26.3 Å². The molecule has 1 aromatic rings. The molecule has 1 saturated heterocycles. The number of likely N-dealkylation sites (tertiary alicyclic amines) is 1. The van der Waals surface area contributed by atoms with E-state index in [4.69, 9.17) is 9.84 Å². The summed E-state index contributed by atoms with van der Waals surface area (Å²) < 4.78 is 7.21. The number of carbonyl (C=O) groups is 1. The molecule has 0 bridgehead atoms. The van der Waals surface area contributed by atoms with Crippen molar-refractivity contribution in [2.75, 3.05) is 32.8 Å². The zero-order chi connectivity index (χ0) is 14.5. The van der Waals surface area contributed by atoms with Crippen LogP contribution in [-0.2, 0) is 4.74 Å². The molecule has 7 heteroatoms. The average molecular weight is 282 g/mol. The molecule has 0 aliphatic carbocycles. The lowest BCUT2D eigenvalue weighted by molar-refractivity contribution is 0.0450. The lowest BCUT2D eigenvalue weighted by Crippen LogP contribution is -2.49. The Labute approximate surface area is 118 Å². The Morgan fingerprint density at radius 3 is 2.85 bits per heavy atom. The highest BCUT2D eigenvalue weighted by Crippen LogP contribution is 2.19. The largest absolute Gasteiger partial charge is 0.476 e. The van der Waals surface area contributed by atoms with E-state index in [1.54, 1.807) is 4.68 Å². The van der Waals surface area contributed by atoms with Crippen LogP contribution in [0.2, 0.25) is 0 Å². The first-order chi connectivity index (χ1) is 9.56. The van der Waals surface area contributed by atoms with Gasteiger partial charge in [-0.3, -0.25) is 4.90 Å². The van der Waals surface area contributed by atoms with Gasteiger partial charge < -0.3 is 9.84 Å². The monoisotopic (exact) mass is 282 g/mol. The van der Waals surface area contributed by atoms with Crippen LogP contribution in [0.3, 0.4) is 0 Å². The van der Waals surface area contributed by atoms with Crippen molar-refractivity contribution in [2.24, 2.45) is 5.92 Å².